The molecule has 10 heavy (non-hydrogen) atoms. The number of Topliss-reactive ketones (excluding diaryl/α,β-unsaturated/α-hetero) is 1. The van der Waals surface area contributed by atoms with E-state index in [0.717, 1.165) is 6.92 Å². The third-order valence-electron chi connectivity index (χ3n) is 1.13. The first-order valence-corrected chi connectivity index (χ1v) is 3.16. The lowest BCUT2D eigenvalue weighted by Gasteiger charge is -2.22. The summed E-state index contributed by atoms with van der Waals surface area (Å²) in [5, 5.41) is 26.2. The molecule has 4 nitrogen and oxygen atoms in total. The Labute approximate surface area is 63.0 Å². The molecule has 5 heteroatoms. The van der Waals surface area contributed by atoms with Crippen molar-refractivity contribution in [2.75, 3.05) is 5.88 Å². The first kappa shape index (κ1) is 9.84. The molecule has 3 N–H and O–H groups in total. The van der Waals surface area contributed by atoms with Crippen LogP contribution in [-0.4, -0.2) is 38.9 Å². The highest BCUT2D eigenvalue weighted by molar-refractivity contribution is 6.18. The molecule has 0 spiro atoms. The van der Waals surface area contributed by atoms with Crippen LogP contribution in [0.25, 0.3) is 0 Å². The van der Waals surface area contributed by atoms with Crippen molar-refractivity contribution in [2.24, 2.45) is 0 Å². The van der Waals surface area contributed by atoms with Crippen LogP contribution in [0.3, 0.4) is 0 Å². The maximum atomic E-state index is 10.3. The van der Waals surface area contributed by atoms with Crippen LogP contribution in [0.1, 0.15) is 6.92 Å². The van der Waals surface area contributed by atoms with Crippen molar-refractivity contribution in [3.05, 3.63) is 0 Å². The van der Waals surface area contributed by atoms with Crippen LogP contribution in [0.15, 0.2) is 0 Å². The first-order valence-electron chi connectivity index (χ1n) is 2.62. The second-order valence-corrected chi connectivity index (χ2v) is 2.26. The average molecular weight is 169 g/mol. The highest BCUT2D eigenvalue weighted by Gasteiger charge is 2.37. The van der Waals surface area contributed by atoms with Gasteiger partial charge in [-0.3, -0.25) is 4.79 Å². The maximum Gasteiger partial charge on any atom is 0.251 e. The summed E-state index contributed by atoms with van der Waals surface area (Å²) in [6, 6.07) is 0. The molecule has 0 aromatic heterocycles. The summed E-state index contributed by atoms with van der Waals surface area (Å²) < 4.78 is 0. The second-order valence-electron chi connectivity index (χ2n) is 1.95. The number of hydrogen-bond donors (Lipinski definition) is 3. The van der Waals surface area contributed by atoms with Gasteiger partial charge in [-0.05, 0) is 0 Å². The largest absolute Gasteiger partial charge is 0.386 e. The second kappa shape index (κ2) is 3.30. The van der Waals surface area contributed by atoms with Crippen LogP contribution in [0.5, 0.6) is 0 Å². The molecule has 0 heterocycles. The van der Waals surface area contributed by atoms with Crippen molar-refractivity contribution < 1.29 is 20.1 Å². The zero-order valence-electron chi connectivity index (χ0n) is 5.41. The van der Waals surface area contributed by atoms with Crippen molar-refractivity contribution in [2.45, 2.75) is 18.8 Å². The van der Waals surface area contributed by atoms with Gasteiger partial charge in [0.2, 0.25) is 0 Å². The summed E-state index contributed by atoms with van der Waals surface area (Å²) in [4.78, 5) is 10.3. The van der Waals surface area contributed by atoms with Crippen LogP contribution < -0.4 is 0 Å². The third kappa shape index (κ3) is 1.91. The number of aliphatic hydroxyl groups is 3. The lowest BCUT2D eigenvalue weighted by atomic mass is 10.1. The molecule has 0 aromatic rings. The molecule has 0 amide bonds. The summed E-state index contributed by atoms with van der Waals surface area (Å²) in [7, 11) is 0. The molecule has 0 saturated heterocycles. The number of hydrogen-bond acceptors (Lipinski definition) is 4. The summed E-state index contributed by atoms with van der Waals surface area (Å²) in [6.45, 7) is 0.954. The molecule has 1 atom stereocenters. The zero-order chi connectivity index (χ0) is 8.36. The van der Waals surface area contributed by atoms with Gasteiger partial charge in [-0.1, -0.05) is 0 Å². The molecule has 0 aliphatic heterocycles. The topological polar surface area (TPSA) is 77.8 Å². The van der Waals surface area contributed by atoms with Gasteiger partial charge in [0.1, 0.15) is 6.10 Å². The predicted octanol–water partition coefficient (Wildman–Crippen LogP) is -1.14. The van der Waals surface area contributed by atoms with E-state index in [0.29, 0.717) is 0 Å². The summed E-state index contributed by atoms with van der Waals surface area (Å²) >= 11 is 5.06. The number of alkyl halides is 1. The third-order valence-corrected chi connectivity index (χ3v) is 1.42. The number of carbonyl (C=O) groups excluding carboxylic acids is 1. The molecule has 0 aliphatic carbocycles. The van der Waals surface area contributed by atoms with E-state index in [1.54, 1.807) is 0 Å². The van der Waals surface area contributed by atoms with E-state index in [1.807, 2.05) is 0 Å². The van der Waals surface area contributed by atoms with Crippen molar-refractivity contribution in [3.8, 4) is 0 Å². The van der Waals surface area contributed by atoms with Crippen LogP contribution in [0.4, 0.5) is 0 Å². The van der Waals surface area contributed by atoms with Crippen molar-refractivity contribution >= 4 is 17.4 Å². The number of aliphatic hydroxyl groups excluding tert-OH is 1. The van der Waals surface area contributed by atoms with E-state index in [2.05, 4.69) is 0 Å². The molecule has 60 valence electrons. The predicted molar refractivity (Wildman–Crippen MR) is 34.6 cm³/mol. The van der Waals surface area contributed by atoms with Gasteiger partial charge in [0.15, 0.2) is 5.78 Å². The number of carbonyl (C=O) groups is 1. The Balaban J connectivity index is 4.23. The van der Waals surface area contributed by atoms with Gasteiger partial charge in [0, 0.05) is 6.92 Å². The SMILES string of the molecule is CC(=O)C(O)(O)[C@@H](O)CCl. The van der Waals surface area contributed by atoms with Crippen LogP contribution >= 0.6 is 11.6 Å². The Morgan fingerprint density at radius 2 is 2.10 bits per heavy atom. The highest BCUT2D eigenvalue weighted by Crippen LogP contribution is 2.08. The molecule has 0 fully saturated rings. The minimum absolute atomic E-state index is 0.396. The number of halogens is 1. The molecule has 0 saturated carbocycles. The van der Waals surface area contributed by atoms with Crippen LogP contribution in [-0.2, 0) is 4.79 Å². The summed E-state index contributed by atoms with van der Waals surface area (Å²) in [5.74, 6) is -4.03. The quantitative estimate of drug-likeness (QED) is 0.368. The van der Waals surface area contributed by atoms with Gasteiger partial charge in [-0.2, -0.15) is 0 Å². The Bertz CT molecular complexity index is 134. The fraction of sp³-hybridized carbons (Fsp3) is 0.800. The Hall–Kier alpha value is -0.160. The number of ketones is 1. The van der Waals surface area contributed by atoms with Gasteiger partial charge in [-0.15, -0.1) is 11.6 Å². The zero-order valence-corrected chi connectivity index (χ0v) is 6.17. The average Bonchev–Trinajstić information content (AvgIpc) is 1.86. The van der Waals surface area contributed by atoms with Gasteiger partial charge in [0.25, 0.3) is 5.79 Å². The molecule has 0 bridgehead atoms. The molecule has 0 radical (unpaired) electrons. The van der Waals surface area contributed by atoms with E-state index in [9.17, 15) is 4.79 Å². The van der Waals surface area contributed by atoms with E-state index in [-0.39, 0.29) is 0 Å². The minimum Gasteiger partial charge on any atom is -0.386 e. The Morgan fingerprint density at radius 1 is 1.70 bits per heavy atom. The van der Waals surface area contributed by atoms with E-state index in [1.165, 1.54) is 0 Å². The normalized spacial score (nSPS) is 14.9. The Morgan fingerprint density at radius 3 is 2.20 bits per heavy atom. The van der Waals surface area contributed by atoms with Crippen molar-refractivity contribution in [1.29, 1.82) is 0 Å². The molecular formula is C5H9ClO4. The van der Waals surface area contributed by atoms with Crippen molar-refractivity contribution in [1.82, 2.24) is 0 Å². The fourth-order valence-electron chi connectivity index (χ4n) is 0.342. The number of rotatable bonds is 3. The standard InChI is InChI=1S/C5H9ClO4/c1-3(7)5(9,10)4(8)2-6/h4,8-10H,2H2,1H3/t4-/m0/s1. The van der Waals surface area contributed by atoms with Gasteiger partial charge in [-0.25, -0.2) is 0 Å². The van der Waals surface area contributed by atoms with Crippen molar-refractivity contribution in [3.63, 3.8) is 0 Å². The minimum atomic E-state index is -2.71. The van der Waals surface area contributed by atoms with Crippen LogP contribution in [0.2, 0.25) is 0 Å². The van der Waals surface area contributed by atoms with Gasteiger partial charge in [0.05, 0.1) is 5.88 Å². The lowest BCUT2D eigenvalue weighted by molar-refractivity contribution is -0.213. The summed E-state index contributed by atoms with van der Waals surface area (Å²) in [6.07, 6.45) is -1.63. The molecule has 0 rings (SSSR count). The smallest absolute Gasteiger partial charge is 0.251 e. The first-order chi connectivity index (χ1) is 4.42. The summed E-state index contributed by atoms with van der Waals surface area (Å²) in [5.41, 5.74) is 0. The lowest BCUT2D eigenvalue weighted by Crippen LogP contribution is -2.49. The molecular weight excluding hydrogens is 160 g/mol. The van der Waals surface area contributed by atoms with Gasteiger partial charge >= 0.3 is 0 Å². The maximum absolute atomic E-state index is 10.3. The van der Waals surface area contributed by atoms with Crippen LogP contribution in [0, 0.1) is 0 Å². The molecule has 0 unspecified atom stereocenters. The van der Waals surface area contributed by atoms with E-state index in [4.69, 9.17) is 26.9 Å². The molecule has 0 aliphatic rings. The van der Waals surface area contributed by atoms with E-state index < -0.39 is 23.6 Å². The van der Waals surface area contributed by atoms with Gasteiger partial charge < -0.3 is 15.3 Å². The monoisotopic (exact) mass is 168 g/mol. The fourth-order valence-corrected chi connectivity index (χ4v) is 0.557. The molecule has 0 aromatic carbocycles. The Kier molecular flexibility index (Phi) is 3.24. The van der Waals surface area contributed by atoms with E-state index >= 15 is 0 Å². The highest BCUT2D eigenvalue weighted by atomic mass is 35.5.